The molecule has 102 valence electrons. The fourth-order valence-corrected chi connectivity index (χ4v) is 1.50. The molecule has 0 bridgehead atoms. The zero-order chi connectivity index (χ0) is 13.9. The summed E-state index contributed by atoms with van der Waals surface area (Å²) < 4.78 is 5.03. The molecular weight excluding hydrogens is 262 g/mol. The number of amides is 2. The standard InChI is InChI=1S/C12H11N5O3/c18-10(8-5-13-3-4-14-8)17-12-16-9(6-20-12)11(19)15-7-1-2-7/h3-7H,1-2H2,(H,15,19)(H,16,17,18). The predicted molar refractivity (Wildman–Crippen MR) is 67.0 cm³/mol. The summed E-state index contributed by atoms with van der Waals surface area (Å²) in [6.07, 6.45) is 7.35. The van der Waals surface area contributed by atoms with Gasteiger partial charge in [0.1, 0.15) is 12.0 Å². The molecule has 2 heterocycles. The van der Waals surface area contributed by atoms with Gasteiger partial charge in [0.2, 0.25) is 0 Å². The van der Waals surface area contributed by atoms with Crippen molar-refractivity contribution in [2.45, 2.75) is 18.9 Å². The Balaban J connectivity index is 1.64. The van der Waals surface area contributed by atoms with Gasteiger partial charge in [-0.3, -0.25) is 19.9 Å². The van der Waals surface area contributed by atoms with Gasteiger partial charge in [0.15, 0.2) is 5.69 Å². The van der Waals surface area contributed by atoms with Gasteiger partial charge in [0.25, 0.3) is 11.8 Å². The molecule has 2 aromatic heterocycles. The highest BCUT2D eigenvalue weighted by molar-refractivity contribution is 6.01. The SMILES string of the molecule is O=C(Nc1nc(C(=O)NC2CC2)co1)c1cnccn1. The number of hydrogen-bond donors (Lipinski definition) is 2. The van der Waals surface area contributed by atoms with Crippen molar-refractivity contribution in [1.82, 2.24) is 20.3 Å². The van der Waals surface area contributed by atoms with Gasteiger partial charge >= 0.3 is 6.01 Å². The number of carbonyl (C=O) groups excluding carboxylic acids is 2. The van der Waals surface area contributed by atoms with Gasteiger partial charge < -0.3 is 9.73 Å². The Morgan fingerprint density at radius 2 is 2.05 bits per heavy atom. The van der Waals surface area contributed by atoms with Crippen LogP contribution < -0.4 is 10.6 Å². The van der Waals surface area contributed by atoms with Crippen LogP contribution in [0, 0.1) is 0 Å². The van der Waals surface area contributed by atoms with Crippen LogP contribution in [-0.4, -0.2) is 32.8 Å². The summed E-state index contributed by atoms with van der Waals surface area (Å²) in [5, 5.41) is 5.18. The lowest BCUT2D eigenvalue weighted by molar-refractivity contribution is 0.0944. The lowest BCUT2D eigenvalue weighted by Crippen LogP contribution is -2.25. The normalized spacial score (nSPS) is 13.8. The van der Waals surface area contributed by atoms with Crippen LogP contribution in [0.2, 0.25) is 0 Å². The third-order valence-corrected chi connectivity index (χ3v) is 2.67. The molecule has 0 radical (unpaired) electrons. The van der Waals surface area contributed by atoms with Crippen LogP contribution in [0.15, 0.2) is 29.3 Å². The van der Waals surface area contributed by atoms with Crippen LogP contribution in [0.25, 0.3) is 0 Å². The average molecular weight is 273 g/mol. The Labute approximate surface area is 113 Å². The topological polar surface area (TPSA) is 110 Å². The van der Waals surface area contributed by atoms with Crippen molar-refractivity contribution in [3.63, 3.8) is 0 Å². The summed E-state index contributed by atoms with van der Waals surface area (Å²) in [4.78, 5) is 35.0. The van der Waals surface area contributed by atoms with E-state index in [0.29, 0.717) is 0 Å². The quantitative estimate of drug-likeness (QED) is 0.844. The van der Waals surface area contributed by atoms with Crippen LogP contribution in [0.5, 0.6) is 0 Å². The second-order valence-electron chi connectivity index (χ2n) is 4.33. The molecule has 2 amide bonds. The Kier molecular flexibility index (Phi) is 3.12. The van der Waals surface area contributed by atoms with Crippen molar-refractivity contribution in [2.75, 3.05) is 5.32 Å². The summed E-state index contributed by atoms with van der Waals surface area (Å²) in [6.45, 7) is 0. The zero-order valence-electron chi connectivity index (χ0n) is 10.4. The van der Waals surface area contributed by atoms with E-state index in [9.17, 15) is 9.59 Å². The third-order valence-electron chi connectivity index (χ3n) is 2.67. The molecule has 0 aliphatic heterocycles. The lowest BCUT2D eigenvalue weighted by atomic mass is 10.4. The molecule has 3 rings (SSSR count). The average Bonchev–Trinajstić information content (AvgIpc) is 3.15. The minimum atomic E-state index is -0.505. The third kappa shape index (κ3) is 2.79. The number of anilines is 1. The van der Waals surface area contributed by atoms with E-state index in [0.717, 1.165) is 12.8 Å². The largest absolute Gasteiger partial charge is 0.431 e. The van der Waals surface area contributed by atoms with Crippen molar-refractivity contribution in [2.24, 2.45) is 0 Å². The van der Waals surface area contributed by atoms with Gasteiger partial charge in [-0.25, -0.2) is 4.98 Å². The molecule has 1 fully saturated rings. The van der Waals surface area contributed by atoms with E-state index in [1.807, 2.05) is 0 Å². The van der Waals surface area contributed by atoms with E-state index < -0.39 is 5.91 Å². The first-order chi connectivity index (χ1) is 9.72. The van der Waals surface area contributed by atoms with Crippen molar-refractivity contribution in [3.8, 4) is 0 Å². The van der Waals surface area contributed by atoms with E-state index in [-0.39, 0.29) is 29.4 Å². The molecular formula is C12H11N5O3. The van der Waals surface area contributed by atoms with Gasteiger partial charge in [-0.05, 0) is 12.8 Å². The highest BCUT2D eigenvalue weighted by Gasteiger charge is 2.25. The Bertz CT molecular complexity index is 636. The number of aromatic nitrogens is 3. The van der Waals surface area contributed by atoms with Crippen LogP contribution in [0.1, 0.15) is 33.8 Å². The molecule has 2 aromatic rings. The molecule has 1 saturated carbocycles. The van der Waals surface area contributed by atoms with Crippen LogP contribution in [0.4, 0.5) is 6.01 Å². The first-order valence-corrected chi connectivity index (χ1v) is 6.06. The van der Waals surface area contributed by atoms with Crippen molar-refractivity contribution >= 4 is 17.8 Å². The molecule has 0 unspecified atom stereocenters. The maximum atomic E-state index is 11.8. The summed E-state index contributed by atoms with van der Waals surface area (Å²) in [5.74, 6) is -0.814. The monoisotopic (exact) mass is 273 g/mol. The number of rotatable bonds is 4. The molecule has 8 nitrogen and oxygen atoms in total. The smallest absolute Gasteiger partial charge is 0.302 e. The first kappa shape index (κ1) is 12.3. The number of carbonyl (C=O) groups is 2. The summed E-state index contributed by atoms with van der Waals surface area (Å²) >= 11 is 0. The molecule has 2 N–H and O–H groups in total. The Morgan fingerprint density at radius 1 is 1.20 bits per heavy atom. The van der Waals surface area contributed by atoms with Crippen LogP contribution >= 0.6 is 0 Å². The molecule has 8 heteroatoms. The molecule has 0 saturated heterocycles. The van der Waals surface area contributed by atoms with Gasteiger partial charge in [-0.2, -0.15) is 4.98 Å². The number of hydrogen-bond acceptors (Lipinski definition) is 6. The van der Waals surface area contributed by atoms with Crippen molar-refractivity contribution in [1.29, 1.82) is 0 Å². The molecule has 0 atom stereocenters. The second kappa shape index (κ2) is 5.08. The molecule has 1 aliphatic rings. The number of oxazole rings is 1. The maximum absolute atomic E-state index is 11.8. The Hall–Kier alpha value is -2.77. The fourth-order valence-electron chi connectivity index (χ4n) is 1.50. The fraction of sp³-hybridized carbons (Fsp3) is 0.250. The van der Waals surface area contributed by atoms with Crippen LogP contribution in [-0.2, 0) is 0 Å². The number of nitrogens with zero attached hydrogens (tertiary/aromatic N) is 3. The molecule has 0 aromatic carbocycles. The highest BCUT2D eigenvalue weighted by Crippen LogP contribution is 2.19. The van der Waals surface area contributed by atoms with E-state index in [1.54, 1.807) is 0 Å². The minimum absolute atomic E-state index is 0.0541. The first-order valence-electron chi connectivity index (χ1n) is 6.06. The van der Waals surface area contributed by atoms with Crippen molar-refractivity contribution < 1.29 is 14.0 Å². The van der Waals surface area contributed by atoms with Gasteiger partial charge in [-0.1, -0.05) is 0 Å². The maximum Gasteiger partial charge on any atom is 0.302 e. The summed E-state index contributed by atoms with van der Waals surface area (Å²) in [6, 6.07) is 0.179. The zero-order valence-corrected chi connectivity index (χ0v) is 10.4. The summed E-state index contributed by atoms with van der Waals surface area (Å²) in [5.41, 5.74) is 0.265. The Morgan fingerprint density at radius 3 is 2.75 bits per heavy atom. The van der Waals surface area contributed by atoms with Crippen LogP contribution in [0.3, 0.4) is 0 Å². The highest BCUT2D eigenvalue weighted by atomic mass is 16.4. The van der Waals surface area contributed by atoms with E-state index >= 15 is 0 Å². The predicted octanol–water partition coefficient (Wildman–Crippen LogP) is 0.609. The molecule has 20 heavy (non-hydrogen) atoms. The number of nitrogens with one attached hydrogen (secondary N) is 2. The van der Waals surface area contributed by atoms with Gasteiger partial charge in [0, 0.05) is 18.4 Å². The van der Waals surface area contributed by atoms with Gasteiger partial charge in [-0.15, -0.1) is 0 Å². The van der Waals surface area contributed by atoms with E-state index in [1.165, 1.54) is 24.9 Å². The van der Waals surface area contributed by atoms with Crippen molar-refractivity contribution in [3.05, 3.63) is 36.2 Å². The van der Waals surface area contributed by atoms with E-state index in [4.69, 9.17) is 4.42 Å². The molecule has 0 spiro atoms. The lowest BCUT2D eigenvalue weighted by Gasteiger charge is -1.99. The minimum Gasteiger partial charge on any atom is -0.431 e. The summed E-state index contributed by atoms with van der Waals surface area (Å²) in [7, 11) is 0. The van der Waals surface area contributed by atoms with E-state index in [2.05, 4.69) is 25.6 Å². The van der Waals surface area contributed by atoms with Gasteiger partial charge in [0.05, 0.1) is 6.20 Å². The second-order valence-corrected chi connectivity index (χ2v) is 4.33. The molecule has 1 aliphatic carbocycles.